The third-order valence-corrected chi connectivity index (χ3v) is 3.93. The van der Waals surface area contributed by atoms with E-state index in [1.807, 2.05) is 0 Å². The number of hydrogen-bond acceptors (Lipinski definition) is 3. The third kappa shape index (κ3) is 3.94. The highest BCUT2D eigenvalue weighted by Gasteiger charge is 2.18. The minimum atomic E-state index is -3.74. The van der Waals surface area contributed by atoms with Crippen LogP contribution in [0.3, 0.4) is 0 Å². The third-order valence-electron chi connectivity index (χ3n) is 2.45. The Hall–Kier alpha value is -1.18. The Morgan fingerprint density at radius 2 is 2.11 bits per heavy atom. The van der Waals surface area contributed by atoms with E-state index in [4.69, 9.17) is 5.73 Å². The summed E-state index contributed by atoms with van der Waals surface area (Å²) < 4.78 is 40.5. The standard InChI is InChI=1S/C11H18FN3O2S/c1-9-4-5-10(12)11(8-9)14-18(16,17)15(2)7-3-6-13/h4-5,8,14H,3,6-7,13H2,1-2H3. The highest BCUT2D eigenvalue weighted by Crippen LogP contribution is 2.17. The Morgan fingerprint density at radius 3 is 2.72 bits per heavy atom. The van der Waals surface area contributed by atoms with Gasteiger partial charge in [-0.3, -0.25) is 4.72 Å². The lowest BCUT2D eigenvalue weighted by Gasteiger charge is -2.18. The van der Waals surface area contributed by atoms with Crippen molar-refractivity contribution in [2.45, 2.75) is 13.3 Å². The van der Waals surface area contributed by atoms with Crippen LogP contribution < -0.4 is 10.5 Å². The van der Waals surface area contributed by atoms with Crippen LogP contribution >= 0.6 is 0 Å². The van der Waals surface area contributed by atoms with Gasteiger partial charge in [0.2, 0.25) is 0 Å². The summed E-state index contributed by atoms with van der Waals surface area (Å²) in [6.07, 6.45) is 0.549. The van der Waals surface area contributed by atoms with Gasteiger partial charge in [0, 0.05) is 13.6 Å². The maximum Gasteiger partial charge on any atom is 0.301 e. The molecule has 1 aromatic rings. The Kier molecular flexibility index (Phi) is 5.06. The molecule has 0 spiro atoms. The first-order valence-corrected chi connectivity index (χ1v) is 7.01. The van der Waals surface area contributed by atoms with E-state index < -0.39 is 16.0 Å². The number of hydrogen-bond donors (Lipinski definition) is 2. The second-order valence-corrected chi connectivity index (χ2v) is 5.83. The largest absolute Gasteiger partial charge is 0.330 e. The van der Waals surface area contributed by atoms with Crippen LogP contribution in [0.1, 0.15) is 12.0 Å². The summed E-state index contributed by atoms with van der Waals surface area (Å²) >= 11 is 0. The molecule has 7 heteroatoms. The molecule has 0 fully saturated rings. The lowest BCUT2D eigenvalue weighted by molar-refractivity contribution is 0.468. The predicted molar refractivity (Wildman–Crippen MR) is 70.0 cm³/mol. The smallest absolute Gasteiger partial charge is 0.301 e. The van der Waals surface area contributed by atoms with Crippen LogP contribution in [0.25, 0.3) is 0 Å². The fourth-order valence-electron chi connectivity index (χ4n) is 1.37. The molecule has 0 aliphatic carbocycles. The van der Waals surface area contributed by atoms with Gasteiger partial charge in [-0.05, 0) is 37.6 Å². The fraction of sp³-hybridized carbons (Fsp3) is 0.455. The summed E-state index contributed by atoms with van der Waals surface area (Å²) in [4.78, 5) is 0. The number of nitrogens with one attached hydrogen (secondary N) is 1. The monoisotopic (exact) mass is 275 g/mol. The average Bonchev–Trinajstić information content (AvgIpc) is 2.30. The SMILES string of the molecule is Cc1ccc(F)c(NS(=O)(=O)N(C)CCCN)c1. The highest BCUT2D eigenvalue weighted by atomic mass is 32.2. The van der Waals surface area contributed by atoms with Gasteiger partial charge >= 0.3 is 10.2 Å². The molecule has 0 saturated carbocycles. The van der Waals surface area contributed by atoms with E-state index in [0.29, 0.717) is 19.5 Å². The topological polar surface area (TPSA) is 75.4 Å². The van der Waals surface area contributed by atoms with Crippen molar-refractivity contribution in [3.05, 3.63) is 29.6 Å². The summed E-state index contributed by atoms with van der Waals surface area (Å²) in [6.45, 7) is 2.45. The average molecular weight is 275 g/mol. The number of nitrogens with zero attached hydrogens (tertiary/aromatic N) is 1. The molecule has 0 aliphatic rings. The molecule has 1 rings (SSSR count). The normalized spacial score (nSPS) is 11.8. The van der Waals surface area contributed by atoms with Crippen molar-refractivity contribution in [3.63, 3.8) is 0 Å². The molecule has 0 unspecified atom stereocenters. The van der Waals surface area contributed by atoms with Crippen molar-refractivity contribution in [2.24, 2.45) is 5.73 Å². The van der Waals surface area contributed by atoms with Crippen LogP contribution in [0.15, 0.2) is 18.2 Å². The summed E-state index contributed by atoms with van der Waals surface area (Å²) in [5.41, 5.74) is 6.04. The molecule has 102 valence electrons. The molecule has 18 heavy (non-hydrogen) atoms. The number of nitrogens with two attached hydrogens (primary N) is 1. The van der Waals surface area contributed by atoms with Crippen LogP contribution in [0.2, 0.25) is 0 Å². The van der Waals surface area contributed by atoms with Crippen LogP contribution in [-0.2, 0) is 10.2 Å². The van der Waals surface area contributed by atoms with Gasteiger partial charge in [-0.1, -0.05) is 6.07 Å². The zero-order chi connectivity index (χ0) is 13.8. The van der Waals surface area contributed by atoms with E-state index in [0.717, 1.165) is 9.87 Å². The van der Waals surface area contributed by atoms with E-state index in [1.165, 1.54) is 19.2 Å². The molecule has 0 aliphatic heterocycles. The molecule has 1 aromatic carbocycles. The van der Waals surface area contributed by atoms with Crippen molar-refractivity contribution in [1.82, 2.24) is 4.31 Å². The van der Waals surface area contributed by atoms with Crippen LogP contribution in [0.4, 0.5) is 10.1 Å². The maximum absolute atomic E-state index is 13.4. The summed E-state index contributed by atoms with van der Waals surface area (Å²) in [5.74, 6) is -0.601. The minimum absolute atomic E-state index is 0.0467. The zero-order valence-corrected chi connectivity index (χ0v) is 11.3. The van der Waals surface area contributed by atoms with Gasteiger partial charge < -0.3 is 5.73 Å². The first-order chi connectivity index (χ1) is 8.36. The van der Waals surface area contributed by atoms with Gasteiger partial charge in [-0.15, -0.1) is 0 Å². The van der Waals surface area contributed by atoms with E-state index in [1.54, 1.807) is 13.0 Å². The second kappa shape index (κ2) is 6.12. The molecule has 3 N–H and O–H groups in total. The highest BCUT2D eigenvalue weighted by molar-refractivity contribution is 7.90. The summed E-state index contributed by atoms with van der Waals surface area (Å²) in [5, 5.41) is 0. The Morgan fingerprint density at radius 1 is 1.44 bits per heavy atom. The number of anilines is 1. The van der Waals surface area contributed by atoms with Gasteiger partial charge in [0.25, 0.3) is 0 Å². The van der Waals surface area contributed by atoms with Crippen LogP contribution in [0, 0.1) is 12.7 Å². The van der Waals surface area contributed by atoms with E-state index >= 15 is 0 Å². The van der Waals surface area contributed by atoms with Gasteiger partial charge in [-0.2, -0.15) is 12.7 Å². The Bertz CT molecular complexity index is 505. The Balaban J connectivity index is 2.85. The quantitative estimate of drug-likeness (QED) is 0.815. The van der Waals surface area contributed by atoms with Gasteiger partial charge in [0.05, 0.1) is 5.69 Å². The molecule has 0 atom stereocenters. The molecule has 5 nitrogen and oxygen atoms in total. The molecular weight excluding hydrogens is 257 g/mol. The lowest BCUT2D eigenvalue weighted by atomic mass is 10.2. The Labute approximate surface area is 107 Å². The molecule has 0 aromatic heterocycles. The molecular formula is C11H18FN3O2S. The van der Waals surface area contributed by atoms with Crippen molar-refractivity contribution >= 4 is 15.9 Å². The van der Waals surface area contributed by atoms with E-state index in [2.05, 4.69) is 4.72 Å². The number of benzene rings is 1. The summed E-state index contributed by atoms with van der Waals surface area (Å²) in [6, 6.07) is 4.25. The van der Waals surface area contributed by atoms with Gasteiger partial charge in [-0.25, -0.2) is 4.39 Å². The zero-order valence-electron chi connectivity index (χ0n) is 10.5. The van der Waals surface area contributed by atoms with Crippen molar-refractivity contribution in [1.29, 1.82) is 0 Å². The predicted octanol–water partition coefficient (Wildman–Crippen LogP) is 1.07. The van der Waals surface area contributed by atoms with Gasteiger partial charge in [0.1, 0.15) is 5.82 Å². The number of rotatable bonds is 6. The van der Waals surface area contributed by atoms with Crippen LogP contribution in [0.5, 0.6) is 0 Å². The van der Waals surface area contributed by atoms with Gasteiger partial charge in [0.15, 0.2) is 0 Å². The molecule has 0 amide bonds. The molecule has 0 bridgehead atoms. The van der Waals surface area contributed by atoms with E-state index in [-0.39, 0.29) is 5.69 Å². The van der Waals surface area contributed by atoms with Crippen molar-refractivity contribution in [3.8, 4) is 0 Å². The molecule has 0 heterocycles. The number of halogens is 1. The van der Waals surface area contributed by atoms with Crippen LogP contribution in [-0.4, -0.2) is 32.9 Å². The first-order valence-electron chi connectivity index (χ1n) is 5.57. The molecule has 0 radical (unpaired) electrons. The van der Waals surface area contributed by atoms with Crippen molar-refractivity contribution < 1.29 is 12.8 Å². The fourth-order valence-corrected chi connectivity index (χ4v) is 2.33. The van der Waals surface area contributed by atoms with E-state index in [9.17, 15) is 12.8 Å². The maximum atomic E-state index is 13.4. The molecule has 0 saturated heterocycles. The summed E-state index contributed by atoms with van der Waals surface area (Å²) in [7, 11) is -2.31. The number of aryl methyl sites for hydroxylation is 1. The first kappa shape index (κ1) is 14.9. The van der Waals surface area contributed by atoms with Crippen molar-refractivity contribution in [2.75, 3.05) is 24.9 Å². The minimum Gasteiger partial charge on any atom is -0.330 e. The second-order valence-electron chi connectivity index (χ2n) is 4.05. The lowest BCUT2D eigenvalue weighted by Crippen LogP contribution is -2.34.